The summed E-state index contributed by atoms with van der Waals surface area (Å²) in [6.45, 7) is 5.68. The van der Waals surface area contributed by atoms with E-state index in [1.807, 2.05) is 26.0 Å². The number of amides is 2. The molecule has 7 heteroatoms. The average molecular weight is 378 g/mol. The second-order valence-electron chi connectivity index (χ2n) is 6.55. The number of anilines is 2. The lowest BCUT2D eigenvalue weighted by atomic mass is 10.1. The van der Waals surface area contributed by atoms with Crippen molar-refractivity contribution in [2.45, 2.75) is 27.5 Å². The van der Waals surface area contributed by atoms with Crippen molar-refractivity contribution in [1.82, 2.24) is 9.78 Å². The van der Waals surface area contributed by atoms with Crippen LogP contribution in [0.15, 0.2) is 54.7 Å². The van der Waals surface area contributed by atoms with Crippen LogP contribution < -0.4 is 15.4 Å². The number of carbonyl (C=O) groups is 2. The predicted molar refractivity (Wildman–Crippen MR) is 107 cm³/mol. The number of aryl methyl sites for hydroxylation is 2. The fourth-order valence-electron chi connectivity index (χ4n) is 2.75. The zero-order valence-electron chi connectivity index (χ0n) is 16.0. The molecular weight excluding hydrogens is 356 g/mol. The molecule has 2 N–H and O–H groups in total. The Morgan fingerprint density at radius 3 is 2.18 bits per heavy atom. The zero-order valence-corrected chi connectivity index (χ0v) is 16.0. The van der Waals surface area contributed by atoms with Crippen molar-refractivity contribution < 1.29 is 14.3 Å². The van der Waals surface area contributed by atoms with Crippen LogP contribution in [0.1, 0.15) is 28.5 Å². The second-order valence-corrected chi connectivity index (χ2v) is 6.55. The molecule has 0 spiro atoms. The minimum Gasteiger partial charge on any atom is -0.471 e. The summed E-state index contributed by atoms with van der Waals surface area (Å²) in [5.74, 6) is 0.293. The van der Waals surface area contributed by atoms with Gasteiger partial charge in [-0.3, -0.25) is 9.59 Å². The maximum absolute atomic E-state index is 12.4. The van der Waals surface area contributed by atoms with Crippen LogP contribution in [-0.4, -0.2) is 21.6 Å². The highest BCUT2D eigenvalue weighted by molar-refractivity contribution is 6.03. The molecule has 144 valence electrons. The van der Waals surface area contributed by atoms with Gasteiger partial charge in [-0.05, 0) is 67.4 Å². The smallest absolute Gasteiger partial charge is 0.276 e. The van der Waals surface area contributed by atoms with Crippen molar-refractivity contribution in [3.63, 3.8) is 0 Å². The lowest BCUT2D eigenvalue weighted by Gasteiger charge is -2.08. The van der Waals surface area contributed by atoms with E-state index in [4.69, 9.17) is 4.74 Å². The van der Waals surface area contributed by atoms with Gasteiger partial charge < -0.3 is 15.4 Å². The fourth-order valence-corrected chi connectivity index (χ4v) is 2.75. The number of nitrogens with zero attached hydrogens (tertiary/aromatic N) is 2. The van der Waals surface area contributed by atoms with E-state index in [-0.39, 0.29) is 24.2 Å². The SMILES string of the molecule is CC(=O)Nc1ccc(NC(=O)c2ccn(COc3cc(C)cc(C)c3)n2)cc1. The highest BCUT2D eigenvalue weighted by Gasteiger charge is 2.10. The van der Waals surface area contributed by atoms with Crippen LogP contribution in [0.5, 0.6) is 5.75 Å². The van der Waals surface area contributed by atoms with E-state index in [0.29, 0.717) is 11.4 Å². The summed E-state index contributed by atoms with van der Waals surface area (Å²) < 4.78 is 7.31. The summed E-state index contributed by atoms with van der Waals surface area (Å²) in [6, 6.07) is 14.5. The molecule has 0 saturated heterocycles. The van der Waals surface area contributed by atoms with Crippen LogP contribution in [0.3, 0.4) is 0 Å². The molecule has 1 aromatic heterocycles. The van der Waals surface area contributed by atoms with Crippen molar-refractivity contribution in [2.24, 2.45) is 0 Å². The molecule has 3 aromatic rings. The number of carbonyl (C=O) groups excluding carboxylic acids is 2. The quantitative estimate of drug-likeness (QED) is 0.684. The van der Waals surface area contributed by atoms with E-state index in [1.54, 1.807) is 41.2 Å². The number of benzene rings is 2. The Bertz CT molecular complexity index is 973. The van der Waals surface area contributed by atoms with Gasteiger partial charge in [0.25, 0.3) is 5.91 Å². The van der Waals surface area contributed by atoms with Gasteiger partial charge in [-0.15, -0.1) is 0 Å². The van der Waals surface area contributed by atoms with Gasteiger partial charge in [-0.2, -0.15) is 5.10 Å². The molecule has 0 saturated carbocycles. The minimum atomic E-state index is -0.322. The molecule has 28 heavy (non-hydrogen) atoms. The van der Waals surface area contributed by atoms with Gasteiger partial charge >= 0.3 is 0 Å². The molecule has 0 atom stereocenters. The van der Waals surface area contributed by atoms with E-state index in [2.05, 4.69) is 21.8 Å². The van der Waals surface area contributed by atoms with Gasteiger partial charge in [0.05, 0.1) is 0 Å². The number of ether oxygens (including phenoxy) is 1. The Labute approximate surface area is 163 Å². The molecule has 1 heterocycles. The van der Waals surface area contributed by atoms with Crippen molar-refractivity contribution in [3.8, 4) is 5.75 Å². The summed E-state index contributed by atoms with van der Waals surface area (Å²) in [7, 11) is 0. The summed E-state index contributed by atoms with van der Waals surface area (Å²) in [6.07, 6.45) is 1.69. The van der Waals surface area contributed by atoms with Crippen molar-refractivity contribution in [1.29, 1.82) is 0 Å². The first-order valence-electron chi connectivity index (χ1n) is 8.82. The number of nitrogens with one attached hydrogen (secondary N) is 2. The topological polar surface area (TPSA) is 85.2 Å². The standard InChI is InChI=1S/C21H22N4O3/c1-14-10-15(2)12-19(11-14)28-13-25-9-8-20(24-25)21(27)23-18-6-4-17(5-7-18)22-16(3)26/h4-12H,13H2,1-3H3,(H,22,26)(H,23,27). The van der Waals surface area contributed by atoms with E-state index >= 15 is 0 Å². The maximum Gasteiger partial charge on any atom is 0.276 e. The van der Waals surface area contributed by atoms with Crippen molar-refractivity contribution in [2.75, 3.05) is 10.6 Å². The first kappa shape index (κ1) is 19.2. The maximum atomic E-state index is 12.4. The van der Waals surface area contributed by atoms with Crippen molar-refractivity contribution in [3.05, 3.63) is 71.5 Å². The van der Waals surface area contributed by atoms with Gasteiger partial charge in [0, 0.05) is 24.5 Å². The molecule has 0 radical (unpaired) electrons. The summed E-state index contributed by atoms with van der Waals surface area (Å²) in [4.78, 5) is 23.4. The van der Waals surface area contributed by atoms with Crippen LogP contribution in [0, 0.1) is 13.8 Å². The van der Waals surface area contributed by atoms with Crippen LogP contribution >= 0.6 is 0 Å². The molecule has 3 rings (SSSR count). The van der Waals surface area contributed by atoms with Gasteiger partial charge in [0.1, 0.15) is 5.75 Å². The number of aromatic nitrogens is 2. The van der Waals surface area contributed by atoms with Crippen molar-refractivity contribution >= 4 is 23.2 Å². The van der Waals surface area contributed by atoms with Gasteiger partial charge in [-0.25, -0.2) is 4.68 Å². The monoisotopic (exact) mass is 378 g/mol. The lowest BCUT2D eigenvalue weighted by Crippen LogP contribution is -2.14. The molecule has 0 fully saturated rings. The Balaban J connectivity index is 1.58. The van der Waals surface area contributed by atoms with E-state index in [1.165, 1.54) is 6.92 Å². The molecule has 0 unspecified atom stereocenters. The van der Waals surface area contributed by atoms with Crippen LogP contribution in [-0.2, 0) is 11.5 Å². The molecule has 0 aliphatic carbocycles. The summed E-state index contributed by atoms with van der Waals surface area (Å²) >= 11 is 0. The first-order valence-corrected chi connectivity index (χ1v) is 8.82. The zero-order chi connectivity index (χ0) is 20.1. The second kappa shape index (κ2) is 8.39. The normalized spacial score (nSPS) is 10.4. The van der Waals surface area contributed by atoms with Crippen LogP contribution in [0.2, 0.25) is 0 Å². The van der Waals surface area contributed by atoms with Crippen LogP contribution in [0.4, 0.5) is 11.4 Å². The highest BCUT2D eigenvalue weighted by atomic mass is 16.5. The third-order valence-electron chi connectivity index (χ3n) is 3.90. The fraction of sp³-hybridized carbons (Fsp3) is 0.190. The molecule has 2 amide bonds. The molecular formula is C21H22N4O3. The van der Waals surface area contributed by atoms with Gasteiger partial charge in [-0.1, -0.05) is 6.07 Å². The van der Waals surface area contributed by atoms with Gasteiger partial charge in [0.15, 0.2) is 12.4 Å². The Hall–Kier alpha value is -3.61. The van der Waals surface area contributed by atoms with Crippen LogP contribution in [0.25, 0.3) is 0 Å². The Kier molecular flexibility index (Phi) is 5.74. The van der Waals surface area contributed by atoms with Gasteiger partial charge in [0.2, 0.25) is 5.91 Å². The largest absolute Gasteiger partial charge is 0.471 e. The minimum absolute atomic E-state index is 0.148. The first-order chi connectivity index (χ1) is 13.4. The Morgan fingerprint density at radius 1 is 0.964 bits per heavy atom. The number of hydrogen-bond acceptors (Lipinski definition) is 4. The predicted octanol–water partition coefficient (Wildman–Crippen LogP) is 3.75. The highest BCUT2D eigenvalue weighted by Crippen LogP contribution is 2.17. The lowest BCUT2D eigenvalue weighted by molar-refractivity contribution is -0.114. The van der Waals surface area contributed by atoms with E-state index in [0.717, 1.165) is 16.9 Å². The third kappa shape index (κ3) is 5.20. The molecule has 2 aromatic carbocycles. The Morgan fingerprint density at radius 2 is 1.57 bits per heavy atom. The summed E-state index contributed by atoms with van der Waals surface area (Å²) in [5, 5.41) is 9.69. The molecule has 0 aliphatic heterocycles. The molecule has 7 nitrogen and oxygen atoms in total. The number of rotatable bonds is 6. The molecule has 0 bridgehead atoms. The van der Waals surface area contributed by atoms with E-state index < -0.39 is 0 Å². The molecule has 0 aliphatic rings. The summed E-state index contributed by atoms with van der Waals surface area (Å²) in [5.41, 5.74) is 3.81. The average Bonchev–Trinajstić information content (AvgIpc) is 3.10. The van der Waals surface area contributed by atoms with E-state index in [9.17, 15) is 9.59 Å². The third-order valence-corrected chi connectivity index (χ3v) is 3.90. The number of hydrogen-bond donors (Lipinski definition) is 2.